The van der Waals surface area contributed by atoms with Crippen molar-refractivity contribution in [3.05, 3.63) is 59.0 Å². The number of aliphatic hydroxyl groups excluding tert-OH is 2. The number of nitrogens with zero attached hydrogens (tertiary/aromatic N) is 2. The van der Waals surface area contributed by atoms with E-state index in [9.17, 15) is 15.2 Å². The van der Waals surface area contributed by atoms with Gasteiger partial charge in [0.25, 0.3) is 5.91 Å². The maximum absolute atomic E-state index is 12.4. The molecule has 1 amide bonds. The summed E-state index contributed by atoms with van der Waals surface area (Å²) in [7, 11) is 0. The minimum absolute atomic E-state index is 0.00212. The van der Waals surface area contributed by atoms with Crippen molar-refractivity contribution in [2.24, 2.45) is 0 Å². The number of thiophene rings is 1. The Morgan fingerprint density at radius 2 is 1.85 bits per heavy atom. The molecule has 1 aliphatic rings. The highest BCUT2D eigenvalue weighted by Crippen LogP contribution is 2.35. The molecule has 4 rings (SSSR count). The van der Waals surface area contributed by atoms with Crippen molar-refractivity contribution >= 4 is 39.3 Å². The lowest BCUT2D eigenvalue weighted by atomic mass is 10.0. The van der Waals surface area contributed by atoms with Crippen molar-refractivity contribution in [3.63, 3.8) is 0 Å². The van der Waals surface area contributed by atoms with Gasteiger partial charge in [0.2, 0.25) is 0 Å². The van der Waals surface area contributed by atoms with E-state index in [-0.39, 0.29) is 12.1 Å². The first-order chi connectivity index (χ1) is 16.5. The smallest absolute Gasteiger partial charge is 0.262 e. The third kappa shape index (κ3) is 5.31. The zero-order valence-electron chi connectivity index (χ0n) is 19.3. The van der Waals surface area contributed by atoms with Crippen molar-refractivity contribution < 1.29 is 15.0 Å². The summed E-state index contributed by atoms with van der Waals surface area (Å²) in [4.78, 5) is 16.8. The van der Waals surface area contributed by atoms with Crippen molar-refractivity contribution in [1.29, 1.82) is 5.26 Å². The Hall–Kier alpha value is -3.18. The number of allylic oxidation sites excluding steroid dienone is 1. The Balaban J connectivity index is 1.55. The molecule has 2 heterocycles. The molecule has 0 bridgehead atoms. The zero-order valence-corrected chi connectivity index (χ0v) is 20.1. The summed E-state index contributed by atoms with van der Waals surface area (Å²) in [6.07, 6.45) is 2.77. The van der Waals surface area contributed by atoms with Gasteiger partial charge in [-0.2, -0.15) is 5.26 Å². The van der Waals surface area contributed by atoms with Crippen LogP contribution >= 0.6 is 11.3 Å². The number of carbonyl (C=O) groups excluding carboxylic acids is 1. The first kappa shape index (κ1) is 24.0. The molecule has 1 saturated heterocycles. The Morgan fingerprint density at radius 1 is 1.12 bits per heavy atom. The predicted molar refractivity (Wildman–Crippen MR) is 138 cm³/mol. The summed E-state index contributed by atoms with van der Waals surface area (Å²) >= 11 is 1.53. The molecule has 0 aliphatic carbocycles. The fourth-order valence-corrected chi connectivity index (χ4v) is 5.23. The van der Waals surface area contributed by atoms with Gasteiger partial charge in [0.05, 0.1) is 12.7 Å². The van der Waals surface area contributed by atoms with Crippen LogP contribution in [0.3, 0.4) is 0 Å². The topological polar surface area (TPSA) is 96.6 Å². The second-order valence-electron chi connectivity index (χ2n) is 8.62. The number of amides is 1. The molecular weight excluding hydrogens is 446 g/mol. The van der Waals surface area contributed by atoms with E-state index in [2.05, 4.69) is 46.6 Å². The summed E-state index contributed by atoms with van der Waals surface area (Å²) < 4.78 is 0. The van der Waals surface area contributed by atoms with Crippen molar-refractivity contribution in [1.82, 2.24) is 5.32 Å². The molecule has 6 nitrogen and oxygen atoms in total. The van der Waals surface area contributed by atoms with Crippen LogP contribution < -0.4 is 10.2 Å². The SMILES string of the molecule is CC(=C(C#N)C(=O)NCC(O)CO)c1ccc(-c2ccc3cc(N4CCCCC4)ccc3c2)s1. The molecule has 176 valence electrons. The number of hydrogen-bond donors (Lipinski definition) is 3. The average Bonchev–Trinajstić information content (AvgIpc) is 3.38. The fourth-order valence-electron chi connectivity index (χ4n) is 4.22. The molecule has 1 atom stereocenters. The van der Waals surface area contributed by atoms with Crippen LogP contribution in [-0.2, 0) is 4.79 Å². The minimum atomic E-state index is -1.05. The average molecular weight is 476 g/mol. The summed E-state index contributed by atoms with van der Waals surface area (Å²) in [5.74, 6) is -0.558. The molecule has 3 N–H and O–H groups in total. The Kier molecular flexibility index (Phi) is 7.63. The number of anilines is 1. The molecule has 2 aromatic carbocycles. The number of hydrogen-bond acceptors (Lipinski definition) is 6. The van der Waals surface area contributed by atoms with E-state index < -0.39 is 18.6 Å². The first-order valence-electron chi connectivity index (χ1n) is 11.6. The zero-order chi connectivity index (χ0) is 24.1. The van der Waals surface area contributed by atoms with Gasteiger partial charge in [-0.05, 0) is 78.4 Å². The molecule has 0 radical (unpaired) electrons. The molecule has 1 unspecified atom stereocenters. The summed E-state index contributed by atoms with van der Waals surface area (Å²) in [6.45, 7) is 3.43. The van der Waals surface area contributed by atoms with Gasteiger partial charge >= 0.3 is 0 Å². The van der Waals surface area contributed by atoms with Crippen LogP contribution in [0.15, 0.2) is 54.1 Å². The van der Waals surface area contributed by atoms with Crippen LogP contribution in [0.5, 0.6) is 0 Å². The summed E-state index contributed by atoms with van der Waals surface area (Å²) in [5, 5.41) is 32.8. The lowest BCUT2D eigenvalue weighted by Gasteiger charge is -2.29. The van der Waals surface area contributed by atoms with Gasteiger partial charge in [0, 0.05) is 35.1 Å². The maximum Gasteiger partial charge on any atom is 0.262 e. The molecule has 1 aromatic heterocycles. The highest BCUT2D eigenvalue weighted by molar-refractivity contribution is 7.16. The lowest BCUT2D eigenvalue weighted by molar-refractivity contribution is -0.117. The molecule has 3 aromatic rings. The number of fused-ring (bicyclic) bond motifs is 1. The Morgan fingerprint density at radius 3 is 2.59 bits per heavy atom. The van der Waals surface area contributed by atoms with E-state index in [1.807, 2.05) is 18.2 Å². The molecule has 34 heavy (non-hydrogen) atoms. The predicted octanol–water partition coefficient (Wildman–Crippen LogP) is 4.33. The number of nitriles is 1. The highest BCUT2D eigenvalue weighted by Gasteiger charge is 2.17. The van der Waals surface area contributed by atoms with E-state index in [1.165, 1.54) is 47.1 Å². The second-order valence-corrected chi connectivity index (χ2v) is 9.70. The highest BCUT2D eigenvalue weighted by atomic mass is 32.1. The maximum atomic E-state index is 12.4. The molecule has 0 saturated carbocycles. The van der Waals surface area contributed by atoms with E-state index in [0.29, 0.717) is 5.57 Å². The van der Waals surface area contributed by atoms with Crippen LogP contribution in [0.4, 0.5) is 5.69 Å². The lowest BCUT2D eigenvalue weighted by Crippen LogP contribution is -2.34. The molecule has 1 fully saturated rings. The van der Waals surface area contributed by atoms with Crippen LogP contribution in [-0.4, -0.2) is 48.5 Å². The van der Waals surface area contributed by atoms with Gasteiger partial charge < -0.3 is 20.4 Å². The quantitative estimate of drug-likeness (QED) is 0.349. The monoisotopic (exact) mass is 475 g/mol. The fraction of sp³-hybridized carbons (Fsp3) is 0.333. The van der Waals surface area contributed by atoms with Crippen LogP contribution in [0.1, 0.15) is 31.1 Å². The van der Waals surface area contributed by atoms with Crippen molar-refractivity contribution in [2.45, 2.75) is 32.3 Å². The van der Waals surface area contributed by atoms with Gasteiger partial charge in [-0.25, -0.2) is 0 Å². The van der Waals surface area contributed by atoms with Crippen LogP contribution in [0, 0.1) is 11.3 Å². The number of rotatable bonds is 7. The number of nitrogens with one attached hydrogen (secondary N) is 1. The summed E-state index contributed by atoms with van der Waals surface area (Å²) in [5.41, 5.74) is 2.97. The number of benzene rings is 2. The third-order valence-electron chi connectivity index (χ3n) is 6.23. The third-order valence-corrected chi connectivity index (χ3v) is 7.48. The normalized spacial score (nSPS) is 15.5. The van der Waals surface area contributed by atoms with Gasteiger partial charge in [-0.1, -0.05) is 18.2 Å². The molecule has 7 heteroatoms. The van der Waals surface area contributed by atoms with Crippen molar-refractivity contribution in [2.75, 3.05) is 31.1 Å². The van der Waals surface area contributed by atoms with Gasteiger partial charge in [0.15, 0.2) is 0 Å². The van der Waals surface area contributed by atoms with Gasteiger partial charge in [-0.3, -0.25) is 4.79 Å². The van der Waals surface area contributed by atoms with Crippen LogP contribution in [0.25, 0.3) is 26.8 Å². The number of aliphatic hydroxyl groups is 2. The molecule has 0 spiro atoms. The van der Waals surface area contributed by atoms with Gasteiger partial charge in [0.1, 0.15) is 11.6 Å². The number of piperidine rings is 1. The first-order valence-corrected chi connectivity index (χ1v) is 12.4. The minimum Gasteiger partial charge on any atom is -0.394 e. The summed E-state index contributed by atoms with van der Waals surface area (Å²) in [6, 6.07) is 19.0. The standard InChI is InChI=1S/C27H29N3O3S/c1-18(24(15-28)27(33)29-16-23(32)17-31)25-9-10-26(34-25)21-6-5-20-14-22(8-7-19(20)13-21)30-11-3-2-4-12-30/h5-10,13-14,23,31-32H,2-4,11-12,16-17H2,1H3,(H,29,33). The van der Waals surface area contributed by atoms with E-state index in [0.717, 1.165) is 28.4 Å². The number of carbonyl (C=O) groups is 1. The van der Waals surface area contributed by atoms with E-state index in [1.54, 1.807) is 6.92 Å². The van der Waals surface area contributed by atoms with Crippen LogP contribution in [0.2, 0.25) is 0 Å². The van der Waals surface area contributed by atoms with E-state index in [4.69, 9.17) is 5.11 Å². The Labute approximate surface area is 203 Å². The largest absolute Gasteiger partial charge is 0.394 e. The molecule has 1 aliphatic heterocycles. The second kappa shape index (κ2) is 10.8. The molecular formula is C27H29N3O3S. The van der Waals surface area contributed by atoms with Gasteiger partial charge in [-0.15, -0.1) is 11.3 Å². The van der Waals surface area contributed by atoms with Crippen molar-refractivity contribution in [3.8, 4) is 16.5 Å². The van der Waals surface area contributed by atoms with E-state index >= 15 is 0 Å². The Bertz CT molecular complexity index is 1250.